The number of halogens is 1. The number of benzene rings is 1. The minimum Gasteiger partial charge on any atom is -0.495 e. The van der Waals surface area contributed by atoms with Crippen molar-refractivity contribution < 1.29 is 4.74 Å². The van der Waals surface area contributed by atoms with Gasteiger partial charge in [0.15, 0.2) is 5.17 Å². The predicted molar refractivity (Wildman–Crippen MR) is 93.3 cm³/mol. The Kier molecular flexibility index (Phi) is 3.79. The van der Waals surface area contributed by atoms with Crippen LogP contribution in [0.4, 0.5) is 0 Å². The van der Waals surface area contributed by atoms with Gasteiger partial charge in [0, 0.05) is 28.3 Å². The fourth-order valence-corrected chi connectivity index (χ4v) is 4.53. The average molecular weight is 369 g/mol. The Morgan fingerprint density at radius 1 is 1.35 bits per heavy atom. The molecule has 1 aromatic heterocycles. The van der Waals surface area contributed by atoms with E-state index in [1.807, 2.05) is 6.07 Å². The number of rotatable bonds is 2. The molecule has 2 aliphatic heterocycles. The quantitative estimate of drug-likeness (QED) is 0.793. The van der Waals surface area contributed by atoms with Crippen molar-refractivity contribution in [3.8, 4) is 5.75 Å². The Hall–Kier alpha value is -0.980. The molecule has 6 heteroatoms. The summed E-state index contributed by atoms with van der Waals surface area (Å²) in [5, 5.41) is 6.83. The van der Waals surface area contributed by atoms with E-state index < -0.39 is 0 Å². The van der Waals surface area contributed by atoms with Crippen molar-refractivity contribution in [2.75, 3.05) is 20.2 Å². The van der Waals surface area contributed by atoms with Crippen molar-refractivity contribution in [3.63, 3.8) is 0 Å². The van der Waals surface area contributed by atoms with Crippen LogP contribution in [0.2, 0.25) is 0 Å². The lowest BCUT2D eigenvalue weighted by Gasteiger charge is -2.16. The number of thioether (sulfide) groups is 1. The van der Waals surface area contributed by atoms with Crippen molar-refractivity contribution in [2.45, 2.75) is 0 Å². The maximum absolute atomic E-state index is 5.44. The average Bonchev–Trinajstić information content (AvgIpc) is 3.11. The molecule has 0 atom stereocenters. The zero-order valence-electron chi connectivity index (χ0n) is 10.8. The molecule has 0 unspecified atom stereocenters. The van der Waals surface area contributed by atoms with Crippen LogP contribution in [0.15, 0.2) is 34.0 Å². The van der Waals surface area contributed by atoms with Crippen molar-refractivity contribution in [3.05, 3.63) is 34.6 Å². The van der Waals surface area contributed by atoms with E-state index in [0.717, 1.165) is 24.0 Å². The van der Waals surface area contributed by atoms with Crippen molar-refractivity contribution in [1.82, 2.24) is 4.90 Å². The number of nitrogens with zero attached hydrogens (tertiary/aromatic N) is 2. The maximum atomic E-state index is 5.44. The van der Waals surface area contributed by atoms with Crippen molar-refractivity contribution in [2.24, 2.45) is 4.99 Å². The third kappa shape index (κ3) is 1.98. The molecule has 0 saturated carbocycles. The highest BCUT2D eigenvalue weighted by Gasteiger charge is 2.28. The summed E-state index contributed by atoms with van der Waals surface area (Å²) in [6, 6.07) is 6.24. The number of amidine groups is 1. The number of hydrogen-bond acceptors (Lipinski definition) is 5. The van der Waals surface area contributed by atoms with Gasteiger partial charge in [0.05, 0.1) is 24.1 Å². The van der Waals surface area contributed by atoms with Crippen molar-refractivity contribution in [1.29, 1.82) is 0 Å². The van der Waals surface area contributed by atoms with Crippen LogP contribution in [-0.2, 0) is 0 Å². The summed E-state index contributed by atoms with van der Waals surface area (Å²) < 4.78 is 6.66. The fourth-order valence-electron chi connectivity index (χ4n) is 2.52. The van der Waals surface area contributed by atoms with E-state index in [1.54, 1.807) is 30.2 Å². The first kappa shape index (κ1) is 14.0. The molecule has 1 aromatic carbocycles. The second-order valence-corrected chi connectivity index (χ2v) is 6.14. The predicted octanol–water partition coefficient (Wildman–Crippen LogP) is 4.20. The summed E-state index contributed by atoms with van der Waals surface area (Å²) in [7, 11) is 1.73. The Morgan fingerprint density at radius 3 is 3.10 bits per heavy atom. The van der Waals surface area contributed by atoms with Crippen LogP contribution in [0.5, 0.6) is 5.75 Å². The lowest BCUT2D eigenvalue weighted by molar-refractivity contribution is 0.420. The highest BCUT2D eigenvalue weighted by Crippen LogP contribution is 2.42. The molecular weight excluding hydrogens is 356 g/mol. The van der Waals surface area contributed by atoms with Gasteiger partial charge in [0.2, 0.25) is 0 Å². The monoisotopic (exact) mass is 368 g/mol. The van der Waals surface area contributed by atoms with Crippen LogP contribution in [-0.4, -0.2) is 30.3 Å². The first-order valence-corrected chi connectivity index (χ1v) is 7.88. The van der Waals surface area contributed by atoms with Gasteiger partial charge in [0.1, 0.15) is 5.75 Å². The van der Waals surface area contributed by atoms with Crippen LogP contribution >= 0.6 is 40.1 Å². The zero-order valence-corrected chi connectivity index (χ0v) is 14.2. The number of ether oxygens (including phenoxy) is 1. The molecular formula is C14H13BrN2OS2. The molecule has 0 aliphatic carbocycles. The fraction of sp³-hybridized carbons (Fsp3) is 0.214. The van der Waals surface area contributed by atoms with E-state index in [0.29, 0.717) is 0 Å². The van der Waals surface area contributed by atoms with Gasteiger partial charge in [-0.3, -0.25) is 4.99 Å². The smallest absolute Gasteiger partial charge is 0.168 e. The first-order chi connectivity index (χ1) is 9.38. The lowest BCUT2D eigenvalue weighted by atomic mass is 10.1. The summed E-state index contributed by atoms with van der Waals surface area (Å²) in [6.07, 6.45) is 0. The van der Waals surface area contributed by atoms with Gasteiger partial charge in [-0.25, -0.2) is 0 Å². The minimum absolute atomic E-state index is 0. The Morgan fingerprint density at radius 2 is 2.25 bits per heavy atom. The van der Waals surface area contributed by atoms with Crippen molar-refractivity contribution >= 4 is 61.0 Å². The summed E-state index contributed by atoms with van der Waals surface area (Å²) in [6.45, 7) is 1.90. The van der Waals surface area contributed by atoms with Crippen LogP contribution in [0.25, 0.3) is 15.8 Å². The highest BCUT2D eigenvalue weighted by molar-refractivity contribution is 8.93. The van der Waals surface area contributed by atoms with E-state index in [9.17, 15) is 0 Å². The van der Waals surface area contributed by atoms with Crippen LogP contribution in [0.3, 0.4) is 0 Å². The molecule has 104 valence electrons. The maximum Gasteiger partial charge on any atom is 0.168 e. The van der Waals surface area contributed by atoms with E-state index in [2.05, 4.69) is 32.8 Å². The Bertz CT molecular complexity index is 723. The molecule has 0 saturated heterocycles. The molecule has 0 fully saturated rings. The van der Waals surface area contributed by atoms with Gasteiger partial charge in [-0.15, -0.1) is 28.3 Å². The summed E-state index contributed by atoms with van der Waals surface area (Å²) in [4.78, 5) is 6.81. The first-order valence-electron chi connectivity index (χ1n) is 6.12. The number of hydrogen-bond donors (Lipinski definition) is 0. The molecule has 3 nitrogen and oxygen atoms in total. The largest absolute Gasteiger partial charge is 0.495 e. The molecule has 3 heterocycles. The molecule has 2 aliphatic rings. The number of methoxy groups -OCH3 is 1. The highest BCUT2D eigenvalue weighted by atomic mass is 79.9. The van der Waals surface area contributed by atoms with E-state index in [-0.39, 0.29) is 17.0 Å². The van der Waals surface area contributed by atoms with Crippen LogP contribution < -0.4 is 4.74 Å². The zero-order chi connectivity index (χ0) is 12.8. The summed E-state index contributed by atoms with van der Waals surface area (Å²) in [5.41, 5.74) is 2.57. The number of fused-ring (bicyclic) bond motifs is 2. The molecule has 0 radical (unpaired) electrons. The van der Waals surface area contributed by atoms with E-state index in [4.69, 9.17) is 4.74 Å². The van der Waals surface area contributed by atoms with E-state index >= 15 is 0 Å². The second-order valence-electron chi connectivity index (χ2n) is 4.42. The molecule has 2 aromatic rings. The Balaban J connectivity index is 0.00000121. The van der Waals surface area contributed by atoms with Crippen LogP contribution in [0, 0.1) is 0 Å². The Labute approximate surface area is 136 Å². The molecule has 4 rings (SSSR count). The van der Waals surface area contributed by atoms with Crippen LogP contribution in [0.1, 0.15) is 5.56 Å². The van der Waals surface area contributed by atoms with Gasteiger partial charge in [-0.2, -0.15) is 0 Å². The van der Waals surface area contributed by atoms with Gasteiger partial charge >= 0.3 is 0 Å². The summed E-state index contributed by atoms with van der Waals surface area (Å²) in [5.74, 6) is 0.954. The normalized spacial score (nSPS) is 16.8. The molecule has 0 amide bonds. The summed E-state index contributed by atoms with van der Waals surface area (Å²) >= 11 is 3.47. The standard InChI is InChI=1S/C14H12N2OS2.BrH/c1-17-12-4-2-3-9-10(7-18-13(9)12)11-8-19-14-15-5-6-16(11)14;/h2-4,7-8H,5-6H2,1H3;1H. The third-order valence-corrected chi connectivity index (χ3v) is 5.34. The molecule has 0 spiro atoms. The molecule has 0 bridgehead atoms. The molecule has 0 N–H and O–H groups in total. The topological polar surface area (TPSA) is 24.8 Å². The second kappa shape index (κ2) is 5.42. The number of aliphatic imine (C=N–C) groups is 1. The lowest BCUT2D eigenvalue weighted by Crippen LogP contribution is -2.19. The SMILES string of the molecule is Br.COc1cccc2c(C3=CSC4=NCCN34)csc12. The van der Waals surface area contributed by atoms with Gasteiger partial charge < -0.3 is 9.64 Å². The minimum atomic E-state index is 0. The van der Waals surface area contributed by atoms with E-state index in [1.165, 1.54) is 21.3 Å². The van der Waals surface area contributed by atoms with Gasteiger partial charge in [0.25, 0.3) is 0 Å². The third-order valence-electron chi connectivity index (χ3n) is 3.43. The molecule has 20 heavy (non-hydrogen) atoms. The number of thiophene rings is 1. The van der Waals surface area contributed by atoms with Gasteiger partial charge in [-0.1, -0.05) is 23.9 Å². The van der Waals surface area contributed by atoms with Gasteiger partial charge in [-0.05, 0) is 6.07 Å².